The van der Waals surface area contributed by atoms with Gasteiger partial charge in [0, 0.05) is 6.20 Å². The molecule has 0 unspecified atom stereocenters. The van der Waals surface area contributed by atoms with Crippen LogP contribution in [0.25, 0.3) is 5.52 Å². The molecular formula is C17H24N4O4. The number of nitrogens with zero attached hydrogens (tertiary/aromatic N) is 3. The van der Waals surface area contributed by atoms with Crippen LogP contribution in [0.4, 0.5) is 5.69 Å². The third kappa shape index (κ3) is 2.96. The van der Waals surface area contributed by atoms with E-state index >= 15 is 0 Å². The Balaban J connectivity index is 0.00000225. The summed E-state index contributed by atoms with van der Waals surface area (Å²) >= 11 is 0. The number of hydrogen-bond acceptors (Lipinski definition) is 7. The largest absolute Gasteiger partial charge is 0.397 e. The molecule has 0 aromatic carbocycles. The topological polar surface area (TPSA) is 126 Å². The van der Waals surface area contributed by atoms with Gasteiger partial charge >= 0.3 is 0 Å². The number of ether oxygens (including phenoxy) is 2. The summed E-state index contributed by atoms with van der Waals surface area (Å²) in [6.07, 6.45) is -2.09. The van der Waals surface area contributed by atoms with Crippen LogP contribution < -0.4 is 5.73 Å². The van der Waals surface area contributed by atoms with Gasteiger partial charge in [-0.25, -0.2) is 4.52 Å². The second-order valence-corrected chi connectivity index (χ2v) is 6.12. The molecule has 1 fully saturated rings. The predicted molar refractivity (Wildman–Crippen MR) is 91.6 cm³/mol. The maximum Gasteiger partial charge on any atom is 0.225 e. The van der Waals surface area contributed by atoms with Gasteiger partial charge in [0.15, 0.2) is 0 Å². The molecule has 8 nitrogen and oxygen atoms in total. The summed E-state index contributed by atoms with van der Waals surface area (Å²) in [5, 5.41) is 34.7. The van der Waals surface area contributed by atoms with Crippen LogP contribution in [0, 0.1) is 11.3 Å². The number of hydrogen-bond donors (Lipinski definition) is 3. The number of nitriles is 1. The monoisotopic (exact) mass is 348 g/mol. The lowest BCUT2D eigenvalue weighted by molar-refractivity contribution is -0.0846. The number of nitrogens with two attached hydrogens (primary N) is 1. The molecule has 2 aromatic heterocycles. The fraction of sp³-hybridized carbons (Fsp3) is 0.529. The maximum atomic E-state index is 10.5. The smallest absolute Gasteiger partial charge is 0.225 e. The van der Waals surface area contributed by atoms with Gasteiger partial charge < -0.3 is 25.4 Å². The molecule has 0 radical (unpaired) electrons. The SMILES string of the molecule is C.CC(C)OC[C@H]1O[C@@](C#N)(c2ccc3c(N)ccnn23)[C@H](O)[C@@H]1O. The van der Waals surface area contributed by atoms with Crippen LogP contribution in [0.5, 0.6) is 0 Å². The second-order valence-electron chi connectivity index (χ2n) is 6.12. The molecular weight excluding hydrogens is 324 g/mol. The van der Waals surface area contributed by atoms with Crippen molar-refractivity contribution in [1.82, 2.24) is 9.61 Å². The van der Waals surface area contributed by atoms with E-state index in [2.05, 4.69) is 5.10 Å². The Kier molecular flexibility index (Phi) is 5.34. The van der Waals surface area contributed by atoms with Gasteiger partial charge in [0.2, 0.25) is 5.60 Å². The van der Waals surface area contributed by atoms with Gasteiger partial charge in [0.25, 0.3) is 0 Å². The van der Waals surface area contributed by atoms with Crippen molar-refractivity contribution in [2.24, 2.45) is 0 Å². The summed E-state index contributed by atoms with van der Waals surface area (Å²) in [7, 11) is 0. The maximum absolute atomic E-state index is 10.5. The Morgan fingerprint density at radius 2 is 2.16 bits per heavy atom. The second kappa shape index (κ2) is 6.98. The van der Waals surface area contributed by atoms with Crippen LogP contribution >= 0.6 is 0 Å². The third-order valence-corrected chi connectivity index (χ3v) is 4.19. The van der Waals surface area contributed by atoms with E-state index in [1.54, 1.807) is 18.2 Å². The van der Waals surface area contributed by atoms with Crippen molar-refractivity contribution >= 4 is 11.2 Å². The van der Waals surface area contributed by atoms with Crippen molar-refractivity contribution < 1.29 is 19.7 Å². The van der Waals surface area contributed by atoms with E-state index in [1.165, 1.54) is 10.7 Å². The molecule has 3 heterocycles. The van der Waals surface area contributed by atoms with Gasteiger partial charge in [-0.15, -0.1) is 0 Å². The lowest BCUT2D eigenvalue weighted by Crippen LogP contribution is -2.41. The molecule has 0 bridgehead atoms. The van der Waals surface area contributed by atoms with Crippen LogP contribution in [0.2, 0.25) is 0 Å². The first-order valence-corrected chi connectivity index (χ1v) is 7.70. The molecule has 0 amide bonds. The summed E-state index contributed by atoms with van der Waals surface area (Å²) < 4.78 is 12.7. The van der Waals surface area contributed by atoms with Crippen LogP contribution in [0.3, 0.4) is 0 Å². The van der Waals surface area contributed by atoms with E-state index < -0.39 is 23.9 Å². The number of aliphatic hydroxyl groups excluding tert-OH is 2. The molecule has 2 aromatic rings. The van der Waals surface area contributed by atoms with Gasteiger partial charge in [0.1, 0.15) is 24.4 Å². The third-order valence-electron chi connectivity index (χ3n) is 4.19. The number of anilines is 1. The average molecular weight is 348 g/mol. The minimum Gasteiger partial charge on any atom is -0.397 e. The van der Waals surface area contributed by atoms with Gasteiger partial charge in [-0.1, -0.05) is 7.43 Å². The van der Waals surface area contributed by atoms with Crippen molar-refractivity contribution in [3.05, 3.63) is 30.1 Å². The van der Waals surface area contributed by atoms with Crippen LogP contribution in [0.1, 0.15) is 27.0 Å². The van der Waals surface area contributed by atoms with E-state index in [0.29, 0.717) is 16.9 Å². The Hall–Kier alpha value is -2.18. The molecule has 4 N–H and O–H groups in total. The fourth-order valence-corrected chi connectivity index (χ4v) is 2.92. The molecule has 4 atom stereocenters. The van der Waals surface area contributed by atoms with E-state index in [9.17, 15) is 15.5 Å². The Labute approximate surface area is 146 Å². The molecule has 8 heteroatoms. The number of fused-ring (bicyclic) bond motifs is 1. The van der Waals surface area contributed by atoms with Crippen LogP contribution in [0.15, 0.2) is 24.4 Å². The summed E-state index contributed by atoms with van der Waals surface area (Å²) in [4.78, 5) is 0. The number of nitrogen functional groups attached to an aromatic ring is 1. The normalized spacial score (nSPS) is 28.9. The first-order chi connectivity index (χ1) is 11.4. The molecule has 0 aliphatic carbocycles. The number of rotatable bonds is 4. The van der Waals surface area contributed by atoms with Crippen molar-refractivity contribution in [3.8, 4) is 6.07 Å². The van der Waals surface area contributed by atoms with Gasteiger partial charge in [-0.3, -0.25) is 0 Å². The molecule has 3 rings (SSSR count). The highest BCUT2D eigenvalue weighted by molar-refractivity contribution is 5.69. The zero-order valence-electron chi connectivity index (χ0n) is 13.5. The van der Waals surface area contributed by atoms with E-state index in [1.807, 2.05) is 19.9 Å². The molecule has 0 spiro atoms. The molecule has 25 heavy (non-hydrogen) atoms. The standard InChI is InChI=1S/C16H20N4O4.CH4/c1-9(2)23-7-12-14(21)15(22)16(8-17,24-12)13-4-3-11-10(18)5-6-19-20(11)13;/h3-6,9,12,14-15,21-22H,7,18H2,1-2H3;1H4/t12-,14-,15-,16+;/m1./s1. The highest BCUT2D eigenvalue weighted by Gasteiger charge is 2.57. The predicted octanol–water partition coefficient (Wildman–Crippen LogP) is 0.817. The van der Waals surface area contributed by atoms with E-state index in [-0.39, 0.29) is 20.1 Å². The lowest BCUT2D eigenvalue weighted by Gasteiger charge is -2.24. The van der Waals surface area contributed by atoms with E-state index in [0.717, 1.165) is 0 Å². The lowest BCUT2D eigenvalue weighted by atomic mass is 9.92. The molecule has 1 aliphatic rings. The molecule has 0 saturated carbocycles. The average Bonchev–Trinajstić information content (AvgIpc) is 3.09. The Bertz CT molecular complexity index is 785. The zero-order chi connectivity index (χ0) is 17.5. The number of aliphatic hydroxyl groups is 2. The Morgan fingerprint density at radius 1 is 1.44 bits per heavy atom. The quantitative estimate of drug-likeness (QED) is 0.746. The highest BCUT2D eigenvalue weighted by atomic mass is 16.6. The molecule has 1 saturated heterocycles. The van der Waals surface area contributed by atoms with Gasteiger partial charge in [-0.2, -0.15) is 10.4 Å². The minimum absolute atomic E-state index is 0. The minimum atomic E-state index is -1.75. The van der Waals surface area contributed by atoms with E-state index in [4.69, 9.17) is 15.2 Å². The van der Waals surface area contributed by atoms with Crippen molar-refractivity contribution in [2.75, 3.05) is 12.3 Å². The first kappa shape index (κ1) is 19.1. The summed E-state index contributed by atoms with van der Waals surface area (Å²) in [5.74, 6) is 0. The zero-order valence-corrected chi connectivity index (χ0v) is 13.5. The highest BCUT2D eigenvalue weighted by Crippen LogP contribution is 2.40. The summed E-state index contributed by atoms with van der Waals surface area (Å²) in [5.41, 5.74) is 5.54. The van der Waals surface area contributed by atoms with Crippen LogP contribution in [-0.2, 0) is 15.1 Å². The molecule has 1 aliphatic heterocycles. The number of aromatic nitrogens is 2. The van der Waals surface area contributed by atoms with Crippen molar-refractivity contribution in [3.63, 3.8) is 0 Å². The molecule has 136 valence electrons. The fourth-order valence-electron chi connectivity index (χ4n) is 2.92. The Morgan fingerprint density at radius 3 is 2.80 bits per heavy atom. The summed E-state index contributed by atoms with van der Waals surface area (Å²) in [6.45, 7) is 3.77. The summed E-state index contributed by atoms with van der Waals surface area (Å²) in [6, 6.07) is 6.94. The van der Waals surface area contributed by atoms with Crippen LogP contribution in [-0.4, -0.2) is 50.8 Å². The van der Waals surface area contributed by atoms with Gasteiger partial charge in [-0.05, 0) is 32.0 Å². The first-order valence-electron chi connectivity index (χ1n) is 7.70. The van der Waals surface area contributed by atoms with Crippen molar-refractivity contribution in [2.45, 2.75) is 51.3 Å². The van der Waals surface area contributed by atoms with Gasteiger partial charge in [0.05, 0.1) is 29.6 Å². The van der Waals surface area contributed by atoms with Crippen molar-refractivity contribution in [1.29, 1.82) is 5.26 Å².